The van der Waals surface area contributed by atoms with Gasteiger partial charge in [0.1, 0.15) is 18.1 Å². The smallest absolute Gasteiger partial charge is 0.351 e. The van der Waals surface area contributed by atoms with Gasteiger partial charge in [0.25, 0.3) is 5.91 Å². The van der Waals surface area contributed by atoms with Crippen LogP contribution in [0.4, 0.5) is 5.82 Å². The van der Waals surface area contributed by atoms with Gasteiger partial charge in [0.05, 0.1) is 31.9 Å². The molecule has 162 valence electrons. The number of aliphatic hydroxyl groups is 2. The van der Waals surface area contributed by atoms with Crippen LogP contribution >= 0.6 is 0 Å². The molecule has 2 rings (SSSR count). The molecule has 0 radical (unpaired) electrons. The molecule has 0 saturated carbocycles. The number of ether oxygens (including phenoxy) is 2. The number of hydrogen-bond acceptors (Lipinski definition) is 10. The molecule has 1 aliphatic heterocycles. The van der Waals surface area contributed by atoms with Crippen molar-refractivity contribution in [3.05, 3.63) is 34.4 Å². The summed E-state index contributed by atoms with van der Waals surface area (Å²) in [4.78, 5) is 38.3. The lowest BCUT2D eigenvalue weighted by Gasteiger charge is -2.15. The number of hydrogen-bond donors (Lipinski definition) is 4. The van der Waals surface area contributed by atoms with Gasteiger partial charge in [0.2, 0.25) is 0 Å². The predicted octanol–water partition coefficient (Wildman–Crippen LogP) is -1.85. The standard InChI is InChI=1S/C18H22N4O8/c1-29-16(26)6-5-14(25)22(28)7-3-2-4-11-9-21(18(27)20-17(11)19)15-8-12(24)13(10-23)30-15/h5-6,9,12-13,15,23-24,28H,3,7-8,10H2,1H3,(H2,19,20,27)/b6-5+. The van der Waals surface area contributed by atoms with Gasteiger partial charge in [0, 0.05) is 31.2 Å². The number of nitrogen functional groups attached to an aromatic ring is 1. The fourth-order valence-corrected chi connectivity index (χ4v) is 2.56. The van der Waals surface area contributed by atoms with E-state index in [1.165, 1.54) is 6.20 Å². The van der Waals surface area contributed by atoms with Crippen molar-refractivity contribution in [2.24, 2.45) is 0 Å². The largest absolute Gasteiger partial charge is 0.466 e. The maximum atomic E-state index is 12.1. The summed E-state index contributed by atoms with van der Waals surface area (Å²) in [6.07, 6.45) is 0.627. The van der Waals surface area contributed by atoms with Crippen LogP contribution < -0.4 is 11.4 Å². The first-order chi connectivity index (χ1) is 14.3. The molecule has 0 bridgehead atoms. The van der Waals surface area contributed by atoms with Crippen molar-refractivity contribution >= 4 is 17.7 Å². The highest BCUT2D eigenvalue weighted by Gasteiger charge is 2.35. The molecular formula is C18H22N4O8. The summed E-state index contributed by atoms with van der Waals surface area (Å²) in [6.45, 7) is -0.549. The van der Waals surface area contributed by atoms with E-state index in [4.69, 9.17) is 15.6 Å². The molecule has 1 amide bonds. The van der Waals surface area contributed by atoms with Crippen LogP contribution in [0.1, 0.15) is 24.6 Å². The number of rotatable bonds is 6. The molecule has 1 saturated heterocycles. The third kappa shape index (κ3) is 5.88. The van der Waals surface area contributed by atoms with Crippen LogP contribution in [0, 0.1) is 11.8 Å². The summed E-state index contributed by atoms with van der Waals surface area (Å²) in [6, 6.07) is 0. The van der Waals surface area contributed by atoms with Crippen LogP contribution in [-0.2, 0) is 19.1 Å². The Hall–Kier alpha value is -3.24. The summed E-state index contributed by atoms with van der Waals surface area (Å²) in [5.74, 6) is 3.70. The topological polar surface area (TPSA) is 177 Å². The van der Waals surface area contributed by atoms with E-state index in [1.54, 1.807) is 0 Å². The lowest BCUT2D eigenvalue weighted by atomic mass is 10.2. The van der Waals surface area contributed by atoms with Gasteiger partial charge in [-0.1, -0.05) is 11.8 Å². The van der Waals surface area contributed by atoms with E-state index < -0.39 is 42.6 Å². The number of amides is 1. The number of anilines is 1. The molecule has 3 atom stereocenters. The van der Waals surface area contributed by atoms with Gasteiger partial charge < -0.3 is 25.4 Å². The normalized spacial score (nSPS) is 20.6. The number of carbonyl (C=O) groups excluding carboxylic acids is 2. The molecule has 0 spiro atoms. The fraction of sp³-hybridized carbons (Fsp3) is 0.444. The van der Waals surface area contributed by atoms with Crippen molar-refractivity contribution in [1.82, 2.24) is 14.6 Å². The maximum Gasteiger partial charge on any atom is 0.351 e. The zero-order chi connectivity index (χ0) is 22.3. The van der Waals surface area contributed by atoms with E-state index in [-0.39, 0.29) is 30.8 Å². The van der Waals surface area contributed by atoms with Gasteiger partial charge in [-0.15, -0.1) is 0 Å². The molecule has 0 aliphatic carbocycles. The van der Waals surface area contributed by atoms with Crippen LogP contribution in [-0.4, -0.2) is 74.4 Å². The number of aliphatic hydroxyl groups excluding tert-OH is 2. The summed E-state index contributed by atoms with van der Waals surface area (Å²) in [5, 5.41) is 29.0. The Morgan fingerprint density at radius 2 is 2.23 bits per heavy atom. The molecule has 12 heteroatoms. The van der Waals surface area contributed by atoms with E-state index >= 15 is 0 Å². The third-order valence-corrected chi connectivity index (χ3v) is 4.16. The zero-order valence-electron chi connectivity index (χ0n) is 16.1. The van der Waals surface area contributed by atoms with Crippen molar-refractivity contribution in [3.8, 4) is 11.8 Å². The van der Waals surface area contributed by atoms with Crippen molar-refractivity contribution in [2.75, 3.05) is 26.0 Å². The minimum Gasteiger partial charge on any atom is -0.466 e. The molecule has 0 aromatic carbocycles. The Bertz CT molecular complexity index is 932. The van der Waals surface area contributed by atoms with Gasteiger partial charge in [-0.05, 0) is 0 Å². The first-order valence-corrected chi connectivity index (χ1v) is 8.85. The lowest BCUT2D eigenvalue weighted by Crippen LogP contribution is -2.29. The molecule has 5 N–H and O–H groups in total. The van der Waals surface area contributed by atoms with Gasteiger partial charge in [-0.3, -0.25) is 14.6 Å². The molecule has 1 fully saturated rings. The average molecular weight is 422 g/mol. The number of methoxy groups -OCH3 is 1. The van der Waals surface area contributed by atoms with Crippen LogP contribution in [0.5, 0.6) is 0 Å². The SMILES string of the molecule is COC(=O)/C=C/C(=O)N(O)CCC#Cc1cn(C2CC(O)C(CO)O2)c(=O)nc1N. The van der Waals surface area contributed by atoms with Gasteiger partial charge in [-0.2, -0.15) is 4.98 Å². The van der Waals surface area contributed by atoms with E-state index in [0.29, 0.717) is 5.06 Å². The molecule has 1 aromatic heterocycles. The van der Waals surface area contributed by atoms with Crippen LogP contribution in [0.15, 0.2) is 23.1 Å². The number of aromatic nitrogens is 2. The van der Waals surface area contributed by atoms with Crippen LogP contribution in [0.2, 0.25) is 0 Å². The van der Waals surface area contributed by atoms with Crippen molar-refractivity contribution in [3.63, 3.8) is 0 Å². The molecule has 3 unspecified atom stereocenters. The second-order valence-electron chi connectivity index (χ2n) is 6.21. The fourth-order valence-electron chi connectivity index (χ4n) is 2.56. The van der Waals surface area contributed by atoms with E-state index in [0.717, 1.165) is 23.8 Å². The maximum absolute atomic E-state index is 12.1. The van der Waals surface area contributed by atoms with Gasteiger partial charge in [-0.25, -0.2) is 14.7 Å². The van der Waals surface area contributed by atoms with E-state index in [2.05, 4.69) is 21.6 Å². The molecule has 1 aliphatic rings. The number of nitrogens with zero attached hydrogens (tertiary/aromatic N) is 3. The van der Waals surface area contributed by atoms with Gasteiger partial charge in [0.15, 0.2) is 0 Å². The molecule has 30 heavy (non-hydrogen) atoms. The Balaban J connectivity index is 2.03. The summed E-state index contributed by atoms with van der Waals surface area (Å²) >= 11 is 0. The zero-order valence-corrected chi connectivity index (χ0v) is 16.1. The number of esters is 1. The molecule has 12 nitrogen and oxygen atoms in total. The van der Waals surface area contributed by atoms with Crippen LogP contribution in [0.3, 0.4) is 0 Å². The lowest BCUT2D eigenvalue weighted by molar-refractivity contribution is -0.159. The monoisotopic (exact) mass is 422 g/mol. The third-order valence-electron chi connectivity index (χ3n) is 4.16. The van der Waals surface area contributed by atoms with Crippen molar-refractivity contribution in [1.29, 1.82) is 0 Å². The van der Waals surface area contributed by atoms with Crippen molar-refractivity contribution < 1.29 is 34.5 Å². The number of nitrogens with two attached hydrogens (primary N) is 1. The van der Waals surface area contributed by atoms with Crippen molar-refractivity contribution in [2.45, 2.75) is 31.3 Å². The molecule has 1 aromatic rings. The minimum atomic E-state index is -0.930. The summed E-state index contributed by atoms with van der Waals surface area (Å²) < 4.78 is 10.9. The first kappa shape index (κ1) is 23.0. The molecule has 2 heterocycles. The highest BCUT2D eigenvalue weighted by molar-refractivity contribution is 5.93. The average Bonchev–Trinajstić information content (AvgIpc) is 3.10. The Morgan fingerprint density at radius 3 is 2.87 bits per heavy atom. The summed E-state index contributed by atoms with van der Waals surface area (Å²) in [5.41, 5.74) is 5.23. The summed E-state index contributed by atoms with van der Waals surface area (Å²) in [7, 11) is 1.15. The highest BCUT2D eigenvalue weighted by Crippen LogP contribution is 2.27. The number of carbonyl (C=O) groups is 2. The van der Waals surface area contributed by atoms with E-state index in [9.17, 15) is 24.7 Å². The quantitative estimate of drug-likeness (QED) is 0.134. The van der Waals surface area contributed by atoms with E-state index in [1.807, 2.05) is 0 Å². The first-order valence-electron chi connectivity index (χ1n) is 8.85. The van der Waals surface area contributed by atoms with Crippen LogP contribution in [0.25, 0.3) is 0 Å². The molecular weight excluding hydrogens is 400 g/mol. The predicted molar refractivity (Wildman–Crippen MR) is 101 cm³/mol. The highest BCUT2D eigenvalue weighted by atomic mass is 16.5. The number of hydroxylamine groups is 2. The Morgan fingerprint density at radius 1 is 1.50 bits per heavy atom. The Kier molecular flexibility index (Phi) is 8.07. The minimum absolute atomic E-state index is 0.0537. The second-order valence-corrected chi connectivity index (χ2v) is 6.21. The second kappa shape index (κ2) is 10.5. The Labute approximate surface area is 171 Å². The van der Waals surface area contributed by atoms with Gasteiger partial charge >= 0.3 is 11.7 Å².